The highest BCUT2D eigenvalue weighted by molar-refractivity contribution is 7.89. The Hall–Kier alpha value is -1.80. The van der Waals surface area contributed by atoms with E-state index in [9.17, 15) is 13.2 Å². The lowest BCUT2D eigenvalue weighted by Crippen LogP contribution is -2.23. The van der Waals surface area contributed by atoms with Gasteiger partial charge in [0, 0.05) is 14.1 Å². The molecule has 100 valence electrons. The molecule has 0 aromatic heterocycles. The topological polar surface area (TPSA) is 113 Å². The number of aliphatic carboxylic acids is 1. The summed E-state index contributed by atoms with van der Waals surface area (Å²) in [5.74, 6) is -1.06. The van der Waals surface area contributed by atoms with Gasteiger partial charge in [-0.05, 0) is 12.1 Å². The van der Waals surface area contributed by atoms with E-state index in [2.05, 4.69) is 5.32 Å². The van der Waals surface area contributed by atoms with Crippen molar-refractivity contribution in [3.05, 3.63) is 18.2 Å². The number of hydrogen-bond donors (Lipinski definition) is 3. The predicted molar refractivity (Wildman–Crippen MR) is 67.9 cm³/mol. The Morgan fingerprint density at radius 2 is 2.06 bits per heavy atom. The molecule has 1 aromatic carbocycles. The molecule has 7 nitrogen and oxygen atoms in total. The number of hydrogen-bond acceptors (Lipinski definition) is 5. The van der Waals surface area contributed by atoms with E-state index in [1.807, 2.05) is 0 Å². The van der Waals surface area contributed by atoms with Crippen LogP contribution in [0.5, 0.6) is 0 Å². The van der Waals surface area contributed by atoms with Crippen molar-refractivity contribution in [2.24, 2.45) is 0 Å². The summed E-state index contributed by atoms with van der Waals surface area (Å²) in [6.45, 7) is -0.338. The maximum atomic E-state index is 11.9. The van der Waals surface area contributed by atoms with E-state index in [4.69, 9.17) is 10.8 Å². The summed E-state index contributed by atoms with van der Waals surface area (Å²) >= 11 is 0. The standard InChI is InChI=1S/C10H15N3O4S/c1-13(2)18(16,17)8-5-3-4-7(10(8)11)12-6-9(14)15/h3-5,12H,6,11H2,1-2H3,(H,14,15). The Labute approximate surface area is 105 Å². The van der Waals surface area contributed by atoms with Crippen LogP contribution in [0.15, 0.2) is 23.1 Å². The van der Waals surface area contributed by atoms with Gasteiger partial charge in [0.25, 0.3) is 0 Å². The first-order chi connectivity index (χ1) is 8.26. The van der Waals surface area contributed by atoms with Crippen LogP contribution < -0.4 is 11.1 Å². The number of nitrogen functional groups attached to an aromatic ring is 1. The molecule has 1 aromatic rings. The monoisotopic (exact) mass is 273 g/mol. The predicted octanol–water partition coefficient (Wildman–Crippen LogP) is 0.0156. The van der Waals surface area contributed by atoms with Crippen LogP contribution in [0.3, 0.4) is 0 Å². The molecular weight excluding hydrogens is 258 g/mol. The third kappa shape index (κ3) is 2.90. The number of para-hydroxylation sites is 1. The molecule has 0 saturated carbocycles. The first kappa shape index (κ1) is 14.3. The molecule has 0 heterocycles. The van der Waals surface area contributed by atoms with Crippen molar-refractivity contribution in [3.8, 4) is 0 Å². The number of anilines is 2. The van der Waals surface area contributed by atoms with Crippen LogP contribution in [-0.2, 0) is 14.8 Å². The molecule has 1 rings (SSSR count). The maximum Gasteiger partial charge on any atom is 0.322 e. The number of carboxylic acid groups (broad SMARTS) is 1. The zero-order chi connectivity index (χ0) is 13.9. The molecule has 0 atom stereocenters. The Morgan fingerprint density at radius 3 is 2.56 bits per heavy atom. The number of nitrogens with zero attached hydrogens (tertiary/aromatic N) is 1. The maximum absolute atomic E-state index is 11.9. The molecule has 0 saturated heterocycles. The highest BCUT2D eigenvalue weighted by Crippen LogP contribution is 2.27. The van der Waals surface area contributed by atoms with Gasteiger partial charge in [-0.25, -0.2) is 12.7 Å². The van der Waals surface area contributed by atoms with E-state index >= 15 is 0 Å². The van der Waals surface area contributed by atoms with E-state index in [0.717, 1.165) is 4.31 Å². The number of carboxylic acids is 1. The average Bonchev–Trinajstić information content (AvgIpc) is 2.27. The zero-order valence-corrected chi connectivity index (χ0v) is 10.9. The summed E-state index contributed by atoms with van der Waals surface area (Å²) < 4.78 is 24.9. The Balaban J connectivity index is 3.18. The minimum atomic E-state index is -3.65. The fraction of sp³-hybridized carbons (Fsp3) is 0.300. The fourth-order valence-corrected chi connectivity index (χ4v) is 2.32. The van der Waals surface area contributed by atoms with Gasteiger partial charge < -0.3 is 16.2 Å². The van der Waals surface area contributed by atoms with Crippen LogP contribution in [0.2, 0.25) is 0 Å². The van der Waals surface area contributed by atoms with Gasteiger partial charge in [0.05, 0.1) is 11.4 Å². The Bertz CT molecular complexity index is 554. The quantitative estimate of drug-likeness (QED) is 0.652. The van der Waals surface area contributed by atoms with Crippen molar-refractivity contribution < 1.29 is 18.3 Å². The van der Waals surface area contributed by atoms with Gasteiger partial charge >= 0.3 is 5.97 Å². The summed E-state index contributed by atoms with van der Waals surface area (Å²) in [5, 5.41) is 11.1. The number of benzene rings is 1. The van der Waals surface area contributed by atoms with Gasteiger partial charge in [0.2, 0.25) is 10.0 Å². The van der Waals surface area contributed by atoms with Crippen molar-refractivity contribution in [2.75, 3.05) is 31.7 Å². The second-order valence-electron chi connectivity index (χ2n) is 3.75. The normalized spacial score (nSPS) is 11.5. The first-order valence-electron chi connectivity index (χ1n) is 5.03. The zero-order valence-electron chi connectivity index (χ0n) is 10.0. The number of carbonyl (C=O) groups is 1. The van der Waals surface area contributed by atoms with E-state index < -0.39 is 16.0 Å². The summed E-state index contributed by atoms with van der Waals surface area (Å²) in [5.41, 5.74) is 6.02. The summed E-state index contributed by atoms with van der Waals surface area (Å²) in [4.78, 5) is 10.4. The van der Waals surface area contributed by atoms with Gasteiger partial charge in [-0.3, -0.25) is 4.79 Å². The number of nitrogens with one attached hydrogen (secondary N) is 1. The molecular formula is C10H15N3O4S. The minimum absolute atomic E-state index is 0.00690. The van der Waals surface area contributed by atoms with Gasteiger partial charge in [-0.1, -0.05) is 6.07 Å². The molecule has 0 aliphatic carbocycles. The van der Waals surface area contributed by atoms with Crippen molar-refractivity contribution in [1.29, 1.82) is 0 Å². The molecule has 18 heavy (non-hydrogen) atoms. The van der Waals surface area contributed by atoms with Gasteiger partial charge in [0.15, 0.2) is 0 Å². The minimum Gasteiger partial charge on any atom is -0.480 e. The highest BCUT2D eigenvalue weighted by Gasteiger charge is 2.21. The van der Waals surface area contributed by atoms with Crippen molar-refractivity contribution in [1.82, 2.24) is 4.31 Å². The average molecular weight is 273 g/mol. The van der Waals surface area contributed by atoms with Crippen molar-refractivity contribution in [3.63, 3.8) is 0 Å². The lowest BCUT2D eigenvalue weighted by atomic mass is 10.2. The molecule has 0 spiro atoms. The molecule has 4 N–H and O–H groups in total. The van der Waals surface area contributed by atoms with E-state index in [0.29, 0.717) is 0 Å². The molecule has 0 amide bonds. The molecule has 0 fully saturated rings. The van der Waals surface area contributed by atoms with Crippen molar-refractivity contribution >= 4 is 27.4 Å². The molecule has 0 unspecified atom stereocenters. The molecule has 0 bridgehead atoms. The van der Waals surface area contributed by atoms with E-state index in [-0.39, 0.29) is 22.8 Å². The first-order valence-corrected chi connectivity index (χ1v) is 6.47. The Morgan fingerprint density at radius 1 is 1.44 bits per heavy atom. The molecule has 0 aliphatic rings. The fourth-order valence-electron chi connectivity index (χ4n) is 1.29. The summed E-state index contributed by atoms with van der Waals surface area (Å²) in [7, 11) is -0.858. The van der Waals surface area contributed by atoms with Gasteiger partial charge in [-0.15, -0.1) is 0 Å². The van der Waals surface area contributed by atoms with Crippen LogP contribution in [-0.4, -0.2) is 44.4 Å². The largest absolute Gasteiger partial charge is 0.480 e. The van der Waals surface area contributed by atoms with Crippen LogP contribution >= 0.6 is 0 Å². The Kier molecular flexibility index (Phi) is 4.15. The number of rotatable bonds is 5. The second kappa shape index (κ2) is 5.23. The van der Waals surface area contributed by atoms with Crippen LogP contribution in [0.25, 0.3) is 0 Å². The highest BCUT2D eigenvalue weighted by atomic mass is 32.2. The smallest absolute Gasteiger partial charge is 0.322 e. The third-order valence-corrected chi connectivity index (χ3v) is 4.13. The molecule has 0 aliphatic heterocycles. The summed E-state index contributed by atoms with van der Waals surface area (Å²) in [6.07, 6.45) is 0. The van der Waals surface area contributed by atoms with Crippen LogP contribution in [0.1, 0.15) is 0 Å². The van der Waals surface area contributed by atoms with Crippen LogP contribution in [0, 0.1) is 0 Å². The lowest BCUT2D eigenvalue weighted by molar-refractivity contribution is -0.134. The second-order valence-corrected chi connectivity index (χ2v) is 5.87. The summed E-state index contributed by atoms with van der Waals surface area (Å²) in [6, 6.07) is 4.39. The molecule has 0 radical (unpaired) electrons. The number of sulfonamides is 1. The number of nitrogens with two attached hydrogens (primary N) is 1. The van der Waals surface area contributed by atoms with E-state index in [1.165, 1.54) is 32.3 Å². The third-order valence-electron chi connectivity index (χ3n) is 2.25. The van der Waals surface area contributed by atoms with Gasteiger partial charge in [0.1, 0.15) is 11.4 Å². The van der Waals surface area contributed by atoms with Crippen LogP contribution in [0.4, 0.5) is 11.4 Å². The van der Waals surface area contributed by atoms with Gasteiger partial charge in [-0.2, -0.15) is 0 Å². The molecule has 8 heteroatoms. The SMILES string of the molecule is CN(C)S(=O)(=O)c1cccc(NCC(=O)O)c1N. The lowest BCUT2D eigenvalue weighted by Gasteiger charge is -2.15. The van der Waals surface area contributed by atoms with Crippen molar-refractivity contribution in [2.45, 2.75) is 4.90 Å². The van der Waals surface area contributed by atoms with E-state index in [1.54, 1.807) is 0 Å².